The van der Waals surface area contributed by atoms with Crippen molar-refractivity contribution in [3.63, 3.8) is 0 Å². The van der Waals surface area contributed by atoms with Gasteiger partial charge in [-0.1, -0.05) is 27.7 Å². The van der Waals surface area contributed by atoms with E-state index in [2.05, 4.69) is 50.0 Å². The van der Waals surface area contributed by atoms with E-state index in [9.17, 15) is 0 Å². The summed E-state index contributed by atoms with van der Waals surface area (Å²) in [4.78, 5) is 7.40. The Bertz CT molecular complexity index is 424. The molecule has 1 fully saturated rings. The van der Waals surface area contributed by atoms with E-state index in [-0.39, 0.29) is 0 Å². The van der Waals surface area contributed by atoms with Crippen LogP contribution in [-0.2, 0) is 13.0 Å². The molecule has 0 aromatic carbocycles. The molecule has 1 heterocycles. The van der Waals surface area contributed by atoms with Gasteiger partial charge in [-0.05, 0) is 49.4 Å². The minimum atomic E-state index is 0.680. The summed E-state index contributed by atoms with van der Waals surface area (Å²) in [6, 6.07) is 5.25. The van der Waals surface area contributed by atoms with Gasteiger partial charge in [0, 0.05) is 24.8 Å². The molecule has 1 aromatic heterocycles. The van der Waals surface area contributed by atoms with Gasteiger partial charge < -0.3 is 10.2 Å². The van der Waals surface area contributed by atoms with Gasteiger partial charge >= 0.3 is 0 Å². The molecule has 3 nitrogen and oxygen atoms in total. The summed E-state index contributed by atoms with van der Waals surface area (Å²) in [5, 5.41) is 3.42. The van der Waals surface area contributed by atoms with Crippen LogP contribution in [0, 0.1) is 5.92 Å². The predicted octanol–water partition coefficient (Wildman–Crippen LogP) is 3.38. The monoisotopic (exact) mass is 275 g/mol. The van der Waals surface area contributed by atoms with Crippen LogP contribution in [0.5, 0.6) is 0 Å². The van der Waals surface area contributed by atoms with Crippen molar-refractivity contribution in [1.29, 1.82) is 0 Å². The minimum absolute atomic E-state index is 0.680. The smallest absolute Gasteiger partial charge is 0.129 e. The van der Waals surface area contributed by atoms with Crippen LogP contribution in [0.25, 0.3) is 0 Å². The highest BCUT2D eigenvalue weighted by molar-refractivity contribution is 5.45. The molecule has 0 saturated heterocycles. The molecule has 1 aliphatic rings. The zero-order valence-corrected chi connectivity index (χ0v) is 13.4. The first kappa shape index (κ1) is 15.3. The zero-order valence-electron chi connectivity index (χ0n) is 13.4. The Labute approximate surface area is 123 Å². The summed E-state index contributed by atoms with van der Waals surface area (Å²) in [6.45, 7) is 12.0. The molecule has 3 heteroatoms. The lowest BCUT2D eigenvalue weighted by Gasteiger charge is -2.26. The summed E-state index contributed by atoms with van der Waals surface area (Å²) in [5.41, 5.74) is 2.58. The highest BCUT2D eigenvalue weighted by atomic mass is 15.2. The topological polar surface area (TPSA) is 28.2 Å². The van der Waals surface area contributed by atoms with Gasteiger partial charge in [0.2, 0.25) is 0 Å². The van der Waals surface area contributed by atoms with Crippen molar-refractivity contribution in [3.05, 3.63) is 23.4 Å². The van der Waals surface area contributed by atoms with Crippen LogP contribution < -0.4 is 10.2 Å². The normalized spacial score (nSPS) is 14.8. The molecule has 1 saturated carbocycles. The van der Waals surface area contributed by atoms with Crippen LogP contribution in [0.3, 0.4) is 0 Å². The number of nitrogens with zero attached hydrogens (tertiary/aromatic N) is 2. The molecule has 0 atom stereocenters. The Morgan fingerprint density at radius 1 is 1.30 bits per heavy atom. The summed E-state index contributed by atoms with van der Waals surface area (Å²) >= 11 is 0. The molecule has 0 bridgehead atoms. The molecule has 0 radical (unpaired) electrons. The third-order valence-electron chi connectivity index (χ3n) is 3.71. The number of rotatable bonds is 8. The van der Waals surface area contributed by atoms with Gasteiger partial charge in [-0.15, -0.1) is 0 Å². The summed E-state index contributed by atoms with van der Waals surface area (Å²) in [7, 11) is 0. The third-order valence-corrected chi connectivity index (χ3v) is 3.71. The second kappa shape index (κ2) is 7.07. The van der Waals surface area contributed by atoms with Gasteiger partial charge in [0.25, 0.3) is 0 Å². The maximum atomic E-state index is 4.87. The van der Waals surface area contributed by atoms with Crippen molar-refractivity contribution in [3.8, 4) is 0 Å². The summed E-state index contributed by atoms with van der Waals surface area (Å²) in [5.74, 6) is 1.87. The van der Waals surface area contributed by atoms with Crippen molar-refractivity contribution in [2.45, 2.75) is 59.5 Å². The fourth-order valence-corrected chi connectivity index (χ4v) is 2.54. The maximum Gasteiger partial charge on any atom is 0.129 e. The minimum Gasteiger partial charge on any atom is -0.353 e. The van der Waals surface area contributed by atoms with Gasteiger partial charge in [0.05, 0.1) is 0 Å². The van der Waals surface area contributed by atoms with Gasteiger partial charge in [-0.3, -0.25) is 0 Å². The fraction of sp³-hybridized carbons (Fsp3) is 0.706. The molecule has 0 spiro atoms. The standard InChI is InChI=1S/C17H29N3/c1-5-15-9-14(11-18-6-2)10-17(19-15)20(12-13(3)4)16-7-8-16/h9-10,13,16,18H,5-8,11-12H2,1-4H3. The number of hydrogen-bond acceptors (Lipinski definition) is 3. The highest BCUT2D eigenvalue weighted by Gasteiger charge is 2.30. The van der Waals surface area contributed by atoms with Crippen molar-refractivity contribution in [1.82, 2.24) is 10.3 Å². The number of hydrogen-bond donors (Lipinski definition) is 1. The lowest BCUT2D eigenvalue weighted by molar-refractivity contribution is 0.601. The van der Waals surface area contributed by atoms with Gasteiger partial charge in [-0.2, -0.15) is 0 Å². The largest absolute Gasteiger partial charge is 0.353 e. The SMILES string of the molecule is CCNCc1cc(CC)nc(N(CC(C)C)C2CC2)c1. The molecule has 112 valence electrons. The van der Waals surface area contributed by atoms with E-state index in [0.717, 1.165) is 32.1 Å². The van der Waals surface area contributed by atoms with Gasteiger partial charge in [0.15, 0.2) is 0 Å². The Morgan fingerprint density at radius 3 is 2.60 bits per heavy atom. The van der Waals surface area contributed by atoms with E-state index in [0.29, 0.717) is 5.92 Å². The molecule has 2 rings (SSSR count). The lowest BCUT2D eigenvalue weighted by atomic mass is 10.1. The van der Waals surface area contributed by atoms with Crippen molar-refractivity contribution in [2.75, 3.05) is 18.0 Å². The predicted molar refractivity (Wildman–Crippen MR) is 86.2 cm³/mol. The Hall–Kier alpha value is -1.09. The zero-order chi connectivity index (χ0) is 14.5. The molecular formula is C17H29N3. The van der Waals surface area contributed by atoms with E-state index in [4.69, 9.17) is 4.98 Å². The molecule has 1 aliphatic carbocycles. The molecule has 0 unspecified atom stereocenters. The van der Waals surface area contributed by atoms with Crippen LogP contribution in [-0.4, -0.2) is 24.1 Å². The molecule has 20 heavy (non-hydrogen) atoms. The van der Waals surface area contributed by atoms with Crippen LogP contribution in [0.4, 0.5) is 5.82 Å². The molecule has 0 aliphatic heterocycles. The quantitative estimate of drug-likeness (QED) is 0.788. The highest BCUT2D eigenvalue weighted by Crippen LogP contribution is 2.32. The summed E-state index contributed by atoms with van der Waals surface area (Å²) < 4.78 is 0. The van der Waals surface area contributed by atoms with E-state index < -0.39 is 0 Å². The average molecular weight is 275 g/mol. The first-order valence-electron chi connectivity index (χ1n) is 8.11. The summed E-state index contributed by atoms with van der Waals surface area (Å²) in [6.07, 6.45) is 3.66. The van der Waals surface area contributed by atoms with Crippen molar-refractivity contribution >= 4 is 5.82 Å². The van der Waals surface area contributed by atoms with E-state index in [1.165, 1.54) is 29.9 Å². The van der Waals surface area contributed by atoms with Crippen molar-refractivity contribution < 1.29 is 0 Å². The molecule has 1 aromatic rings. The lowest BCUT2D eigenvalue weighted by Crippen LogP contribution is -2.31. The fourth-order valence-electron chi connectivity index (χ4n) is 2.54. The van der Waals surface area contributed by atoms with Crippen LogP contribution in [0.15, 0.2) is 12.1 Å². The number of aryl methyl sites for hydroxylation is 1. The number of nitrogens with one attached hydrogen (secondary N) is 1. The van der Waals surface area contributed by atoms with Crippen LogP contribution in [0.2, 0.25) is 0 Å². The van der Waals surface area contributed by atoms with E-state index in [1.807, 2.05) is 0 Å². The Balaban J connectivity index is 2.22. The first-order valence-corrected chi connectivity index (χ1v) is 8.11. The van der Waals surface area contributed by atoms with E-state index in [1.54, 1.807) is 0 Å². The third kappa shape index (κ3) is 4.20. The first-order chi connectivity index (χ1) is 9.63. The second-order valence-corrected chi connectivity index (χ2v) is 6.24. The average Bonchev–Trinajstić information content (AvgIpc) is 3.26. The molecular weight excluding hydrogens is 246 g/mol. The Kier molecular flexibility index (Phi) is 5.41. The van der Waals surface area contributed by atoms with Crippen molar-refractivity contribution in [2.24, 2.45) is 5.92 Å². The number of pyridine rings is 1. The van der Waals surface area contributed by atoms with Gasteiger partial charge in [-0.25, -0.2) is 4.98 Å². The maximum absolute atomic E-state index is 4.87. The number of aromatic nitrogens is 1. The van der Waals surface area contributed by atoms with Crippen LogP contribution in [0.1, 0.15) is 51.8 Å². The second-order valence-electron chi connectivity index (χ2n) is 6.24. The van der Waals surface area contributed by atoms with Gasteiger partial charge in [0.1, 0.15) is 5.82 Å². The number of anilines is 1. The molecule has 1 N–H and O–H groups in total. The van der Waals surface area contributed by atoms with Crippen LogP contribution >= 0.6 is 0 Å². The van der Waals surface area contributed by atoms with E-state index >= 15 is 0 Å². The molecule has 0 amide bonds. The Morgan fingerprint density at radius 2 is 2.05 bits per heavy atom.